The third kappa shape index (κ3) is 6.93. The van der Waals surface area contributed by atoms with E-state index >= 15 is 0 Å². The minimum absolute atomic E-state index is 0.118. The summed E-state index contributed by atoms with van der Waals surface area (Å²) in [6.07, 6.45) is 3.33. The Kier molecular flexibility index (Phi) is 7.62. The van der Waals surface area contributed by atoms with Gasteiger partial charge >= 0.3 is 6.09 Å². The van der Waals surface area contributed by atoms with Crippen LogP contribution in [0.25, 0.3) is 22.4 Å². The molecular weight excluding hydrogens is 474 g/mol. The molecule has 1 N–H and O–H groups in total. The largest absolute Gasteiger partial charge is 0.444 e. The second kappa shape index (κ2) is 10.7. The molecule has 6 heteroatoms. The van der Waals surface area contributed by atoms with Crippen molar-refractivity contribution in [1.29, 1.82) is 0 Å². The summed E-state index contributed by atoms with van der Waals surface area (Å²) < 4.78 is 5.63. The number of benzene rings is 2. The predicted octanol–water partition coefficient (Wildman–Crippen LogP) is 7.05. The van der Waals surface area contributed by atoms with Crippen molar-refractivity contribution in [2.75, 3.05) is 6.54 Å². The number of amides is 1. The van der Waals surface area contributed by atoms with Gasteiger partial charge in [-0.2, -0.15) is 0 Å². The van der Waals surface area contributed by atoms with Crippen LogP contribution in [0.15, 0.2) is 54.7 Å². The van der Waals surface area contributed by atoms with Crippen molar-refractivity contribution < 1.29 is 9.53 Å². The van der Waals surface area contributed by atoms with Crippen LogP contribution >= 0.6 is 0 Å². The van der Waals surface area contributed by atoms with Gasteiger partial charge in [-0.15, -0.1) is 5.54 Å². The lowest BCUT2D eigenvalue weighted by Gasteiger charge is -2.27. The van der Waals surface area contributed by atoms with Gasteiger partial charge in [-0.25, -0.2) is 9.78 Å². The quantitative estimate of drug-likeness (QED) is 0.304. The topological polar surface area (TPSA) is 58.2 Å². The summed E-state index contributed by atoms with van der Waals surface area (Å²) in [4.78, 5) is 22.7. The molecule has 1 aromatic heterocycles. The third-order valence-electron chi connectivity index (χ3n) is 5.90. The maximum Gasteiger partial charge on any atom is 0.410 e. The van der Waals surface area contributed by atoms with Crippen molar-refractivity contribution in [2.24, 2.45) is 0 Å². The molecule has 1 amide bonds. The molecular formula is C31H35N3O2Si. The number of hydrogen-bond donors (Lipinski definition) is 1. The summed E-state index contributed by atoms with van der Waals surface area (Å²) in [6.45, 7) is 13.0. The van der Waals surface area contributed by atoms with Crippen molar-refractivity contribution in [3.05, 3.63) is 66.1 Å². The van der Waals surface area contributed by atoms with E-state index in [4.69, 9.17) is 4.74 Å². The number of nitrogens with one attached hydrogen (secondary N) is 1. The van der Waals surface area contributed by atoms with E-state index < -0.39 is 13.7 Å². The summed E-state index contributed by atoms with van der Waals surface area (Å²) in [7, 11) is -1.47. The Bertz CT molecular complexity index is 1390. The Hall–Kier alpha value is -3.74. The van der Waals surface area contributed by atoms with Crippen molar-refractivity contribution in [3.8, 4) is 45.7 Å². The maximum absolute atomic E-state index is 12.8. The molecule has 3 aromatic rings. The molecule has 4 rings (SSSR count). The summed E-state index contributed by atoms with van der Waals surface area (Å²) in [5.74, 6) is 10.2. The highest BCUT2D eigenvalue weighted by molar-refractivity contribution is 6.83. The number of H-pyrrole nitrogens is 1. The van der Waals surface area contributed by atoms with E-state index in [2.05, 4.69) is 77.2 Å². The van der Waals surface area contributed by atoms with Crippen LogP contribution in [0.4, 0.5) is 4.79 Å². The first-order chi connectivity index (χ1) is 17.5. The average molecular weight is 510 g/mol. The first-order valence-electron chi connectivity index (χ1n) is 12.8. The lowest BCUT2D eigenvalue weighted by Crippen LogP contribution is -2.36. The van der Waals surface area contributed by atoms with Crippen LogP contribution in [0.1, 0.15) is 51.0 Å². The second-order valence-corrected chi connectivity index (χ2v) is 16.1. The molecule has 0 bridgehead atoms. The molecule has 2 aromatic carbocycles. The Morgan fingerprint density at radius 3 is 2.54 bits per heavy atom. The molecule has 0 aliphatic carbocycles. The third-order valence-corrected chi connectivity index (χ3v) is 6.78. The monoisotopic (exact) mass is 509 g/mol. The Balaban J connectivity index is 1.64. The molecule has 0 radical (unpaired) electrons. The Morgan fingerprint density at radius 1 is 1.08 bits per heavy atom. The van der Waals surface area contributed by atoms with E-state index in [1.807, 2.05) is 51.2 Å². The van der Waals surface area contributed by atoms with Gasteiger partial charge in [-0.05, 0) is 68.7 Å². The summed E-state index contributed by atoms with van der Waals surface area (Å²) in [5, 5.41) is 0. The van der Waals surface area contributed by atoms with Gasteiger partial charge in [0.05, 0.1) is 17.9 Å². The Morgan fingerprint density at radius 2 is 1.84 bits per heavy atom. The van der Waals surface area contributed by atoms with Crippen LogP contribution in [0.2, 0.25) is 19.6 Å². The van der Waals surface area contributed by atoms with Crippen LogP contribution in [0, 0.1) is 23.3 Å². The standard InChI is InChI=1S/C31H35N3O2Si/c1-31(2,3)36-30(35)34-19-12-16-28(34)29-32-22-27(33-29)25-18-17-24(15-10-11-20-37(4,5)6)26(21-25)23-13-8-7-9-14-23/h7-9,13-14,17-18,21-22,28H,12,16,19H2,1-6H3,(H,32,33). The number of aromatic amines is 1. The number of likely N-dealkylation sites (tertiary alicyclic amines) is 1. The van der Waals surface area contributed by atoms with Gasteiger partial charge in [0.2, 0.25) is 0 Å². The molecule has 5 nitrogen and oxygen atoms in total. The minimum Gasteiger partial charge on any atom is -0.444 e. The molecule has 1 aliphatic rings. The fourth-order valence-electron chi connectivity index (χ4n) is 4.24. The minimum atomic E-state index is -1.47. The van der Waals surface area contributed by atoms with Crippen molar-refractivity contribution in [1.82, 2.24) is 14.9 Å². The highest BCUT2D eigenvalue weighted by Gasteiger charge is 2.34. The van der Waals surface area contributed by atoms with Crippen molar-refractivity contribution in [2.45, 2.75) is 64.9 Å². The first-order valence-corrected chi connectivity index (χ1v) is 16.3. The van der Waals surface area contributed by atoms with Crippen LogP contribution < -0.4 is 0 Å². The highest BCUT2D eigenvalue weighted by atomic mass is 28.3. The first kappa shape index (κ1) is 26.3. The summed E-state index contributed by atoms with van der Waals surface area (Å²) in [6, 6.07) is 16.4. The van der Waals surface area contributed by atoms with Gasteiger partial charge in [0.1, 0.15) is 19.5 Å². The van der Waals surface area contributed by atoms with E-state index in [-0.39, 0.29) is 12.1 Å². The maximum atomic E-state index is 12.8. The van der Waals surface area contributed by atoms with Crippen LogP contribution in [0.5, 0.6) is 0 Å². The normalized spacial score (nSPS) is 15.4. The SMILES string of the molecule is CC(C)(C)OC(=O)N1CCCC1c1ncc(-c2ccc(C#CC#C[Si](C)(C)C)c(-c3ccccc3)c2)[nH]1. The zero-order chi connectivity index (χ0) is 26.6. The molecule has 1 atom stereocenters. The molecule has 1 aliphatic heterocycles. The van der Waals surface area contributed by atoms with E-state index in [1.54, 1.807) is 4.90 Å². The van der Waals surface area contributed by atoms with Crippen molar-refractivity contribution >= 4 is 14.2 Å². The van der Waals surface area contributed by atoms with Gasteiger partial charge in [0, 0.05) is 17.7 Å². The number of hydrogen-bond acceptors (Lipinski definition) is 3. The molecule has 190 valence electrons. The fraction of sp³-hybridized carbons (Fsp3) is 0.355. The highest BCUT2D eigenvalue weighted by Crippen LogP contribution is 2.34. The number of aromatic nitrogens is 2. The number of ether oxygens (including phenoxy) is 1. The van der Waals surface area contributed by atoms with Crippen LogP contribution in [-0.4, -0.2) is 41.2 Å². The molecule has 37 heavy (non-hydrogen) atoms. The van der Waals surface area contributed by atoms with Gasteiger partial charge in [-0.1, -0.05) is 62.0 Å². The number of rotatable bonds is 3. The molecule has 0 saturated carbocycles. The van der Waals surface area contributed by atoms with Gasteiger partial charge < -0.3 is 9.72 Å². The summed E-state index contributed by atoms with van der Waals surface area (Å²) in [5.41, 5.74) is 7.77. The van der Waals surface area contributed by atoms with Crippen molar-refractivity contribution in [3.63, 3.8) is 0 Å². The lowest BCUT2D eigenvalue weighted by atomic mass is 9.96. The van der Waals surface area contributed by atoms with E-state index in [0.29, 0.717) is 6.54 Å². The number of nitrogens with zero attached hydrogens (tertiary/aromatic N) is 2. The number of imidazole rings is 1. The molecule has 1 saturated heterocycles. The predicted molar refractivity (Wildman–Crippen MR) is 152 cm³/mol. The molecule has 1 unspecified atom stereocenters. The van der Waals surface area contributed by atoms with Gasteiger partial charge in [0.15, 0.2) is 0 Å². The molecule has 1 fully saturated rings. The summed E-state index contributed by atoms with van der Waals surface area (Å²) >= 11 is 0. The number of carbonyl (C=O) groups is 1. The smallest absolute Gasteiger partial charge is 0.410 e. The van der Waals surface area contributed by atoms with Crippen LogP contribution in [-0.2, 0) is 4.74 Å². The number of carbonyl (C=O) groups excluding carboxylic acids is 1. The van der Waals surface area contributed by atoms with E-state index in [9.17, 15) is 4.79 Å². The van der Waals surface area contributed by atoms with Crippen LogP contribution in [0.3, 0.4) is 0 Å². The average Bonchev–Trinajstić information content (AvgIpc) is 3.50. The molecule has 2 heterocycles. The van der Waals surface area contributed by atoms with E-state index in [1.165, 1.54) is 0 Å². The zero-order valence-electron chi connectivity index (χ0n) is 22.6. The molecule has 0 spiro atoms. The second-order valence-electron chi connectivity index (χ2n) is 11.4. The van der Waals surface area contributed by atoms with Gasteiger partial charge in [-0.3, -0.25) is 4.90 Å². The van der Waals surface area contributed by atoms with Gasteiger partial charge in [0.25, 0.3) is 0 Å². The fourth-order valence-corrected chi connectivity index (χ4v) is 4.67. The lowest BCUT2D eigenvalue weighted by molar-refractivity contribution is 0.0218. The zero-order valence-corrected chi connectivity index (χ0v) is 23.6. The Labute approximate surface area is 221 Å². The van der Waals surface area contributed by atoms with E-state index in [0.717, 1.165) is 46.6 Å².